The summed E-state index contributed by atoms with van der Waals surface area (Å²) < 4.78 is 5.69. The molecule has 2 fully saturated rings. The highest BCUT2D eigenvalue weighted by molar-refractivity contribution is 6.09. The average Bonchev–Trinajstić information content (AvgIpc) is 3.28. The van der Waals surface area contributed by atoms with Crippen LogP contribution < -0.4 is 9.91 Å². The van der Waals surface area contributed by atoms with Crippen LogP contribution in [0.5, 0.6) is 0 Å². The van der Waals surface area contributed by atoms with Gasteiger partial charge in [-0.25, -0.2) is 5.01 Å². The van der Waals surface area contributed by atoms with Crippen LogP contribution in [0.4, 0.5) is 11.4 Å². The van der Waals surface area contributed by atoms with Crippen LogP contribution in [0, 0.1) is 12.8 Å². The van der Waals surface area contributed by atoms with Gasteiger partial charge in [0.15, 0.2) is 6.29 Å². The Labute approximate surface area is 223 Å². The van der Waals surface area contributed by atoms with Crippen molar-refractivity contribution in [1.29, 1.82) is 0 Å². The van der Waals surface area contributed by atoms with Crippen molar-refractivity contribution >= 4 is 29.3 Å². The van der Waals surface area contributed by atoms with Gasteiger partial charge in [0, 0.05) is 42.5 Å². The van der Waals surface area contributed by atoms with E-state index in [1.165, 1.54) is 5.56 Å². The summed E-state index contributed by atoms with van der Waals surface area (Å²) in [6, 6.07) is 23.8. The number of amides is 1. The number of piperidine rings is 1. The number of nitrogens with zero attached hydrogens (tertiary/aromatic N) is 4. The molecular weight excluding hydrogens is 476 g/mol. The number of morpholine rings is 1. The summed E-state index contributed by atoms with van der Waals surface area (Å²) in [5.41, 5.74) is 5.46. The monoisotopic (exact) mass is 508 g/mol. The molecule has 7 nitrogen and oxygen atoms in total. The van der Waals surface area contributed by atoms with Crippen molar-refractivity contribution in [2.75, 3.05) is 42.8 Å². The van der Waals surface area contributed by atoms with Gasteiger partial charge in [0.2, 0.25) is 5.66 Å². The first kappa shape index (κ1) is 24.5. The minimum atomic E-state index is -0.940. The van der Waals surface area contributed by atoms with Crippen LogP contribution in [-0.4, -0.2) is 61.3 Å². The number of benzene rings is 3. The van der Waals surface area contributed by atoms with Gasteiger partial charge in [-0.1, -0.05) is 54.1 Å². The fourth-order valence-corrected chi connectivity index (χ4v) is 6.22. The Balaban J connectivity index is 1.41. The van der Waals surface area contributed by atoms with Crippen LogP contribution in [0.15, 0.2) is 77.9 Å². The second-order valence-corrected chi connectivity index (χ2v) is 10.3. The third-order valence-corrected chi connectivity index (χ3v) is 8.12. The molecule has 6 rings (SSSR count). The van der Waals surface area contributed by atoms with Crippen molar-refractivity contribution in [3.05, 3.63) is 83.9 Å². The molecular formula is C31H32N4O3. The molecule has 2 saturated heterocycles. The van der Waals surface area contributed by atoms with E-state index in [2.05, 4.69) is 43.0 Å². The van der Waals surface area contributed by atoms with E-state index in [1.54, 1.807) is 0 Å². The van der Waals surface area contributed by atoms with Crippen LogP contribution in [-0.2, 0) is 9.53 Å². The van der Waals surface area contributed by atoms with Crippen LogP contribution >= 0.6 is 0 Å². The van der Waals surface area contributed by atoms with Crippen molar-refractivity contribution < 1.29 is 14.3 Å². The highest BCUT2D eigenvalue weighted by Crippen LogP contribution is 2.46. The number of aldehydes is 1. The lowest BCUT2D eigenvalue weighted by Gasteiger charge is -2.53. The molecule has 0 aromatic heterocycles. The zero-order valence-corrected chi connectivity index (χ0v) is 21.8. The quantitative estimate of drug-likeness (QED) is 0.466. The number of hydrogen-bond donors (Lipinski definition) is 0. The van der Waals surface area contributed by atoms with Gasteiger partial charge < -0.3 is 9.64 Å². The number of ether oxygens (including phenoxy) is 1. The van der Waals surface area contributed by atoms with Gasteiger partial charge in [-0.05, 0) is 55.7 Å². The molecule has 3 aliphatic rings. The summed E-state index contributed by atoms with van der Waals surface area (Å²) in [4.78, 5) is 30.5. The van der Waals surface area contributed by atoms with E-state index >= 15 is 0 Å². The molecule has 3 heterocycles. The van der Waals surface area contributed by atoms with Crippen molar-refractivity contribution in [3.8, 4) is 11.1 Å². The Kier molecular flexibility index (Phi) is 6.33. The molecule has 38 heavy (non-hydrogen) atoms. The molecule has 0 saturated carbocycles. The number of hydrazone groups is 1. The Morgan fingerprint density at radius 3 is 2.29 bits per heavy atom. The molecule has 0 spiro atoms. The van der Waals surface area contributed by atoms with Gasteiger partial charge in [-0.2, -0.15) is 5.10 Å². The molecule has 3 aromatic rings. The van der Waals surface area contributed by atoms with Gasteiger partial charge >= 0.3 is 0 Å². The van der Waals surface area contributed by atoms with E-state index < -0.39 is 5.66 Å². The number of carbonyl (C=O) groups excluding carboxylic acids is 2. The number of hydrogen-bond acceptors (Lipinski definition) is 6. The van der Waals surface area contributed by atoms with Crippen LogP contribution in [0.2, 0.25) is 0 Å². The van der Waals surface area contributed by atoms with E-state index in [-0.39, 0.29) is 11.8 Å². The first-order chi connectivity index (χ1) is 18.5. The third-order valence-electron chi connectivity index (χ3n) is 8.12. The number of anilines is 2. The maximum absolute atomic E-state index is 14.8. The SMILES string of the molecule is CC1=NN(c2ccc(C)cc2)C2(N3CCOCC3)C(=O)N(c3ccc(-c4ccccc4C=O)cc3)CCC12. The lowest BCUT2D eigenvalue weighted by Crippen LogP contribution is -2.74. The largest absolute Gasteiger partial charge is 0.379 e. The predicted molar refractivity (Wildman–Crippen MR) is 150 cm³/mol. The van der Waals surface area contributed by atoms with Crippen molar-refractivity contribution in [3.63, 3.8) is 0 Å². The minimum absolute atomic E-state index is 0.00982. The van der Waals surface area contributed by atoms with Crippen LogP contribution in [0.1, 0.15) is 29.3 Å². The molecule has 0 N–H and O–H groups in total. The lowest BCUT2D eigenvalue weighted by molar-refractivity contribution is -0.139. The molecule has 3 aliphatic heterocycles. The molecule has 0 radical (unpaired) electrons. The maximum atomic E-state index is 14.8. The lowest BCUT2D eigenvalue weighted by atomic mass is 9.80. The van der Waals surface area contributed by atoms with Crippen molar-refractivity contribution in [2.24, 2.45) is 11.0 Å². The summed E-state index contributed by atoms with van der Waals surface area (Å²) in [6.45, 7) is 7.25. The van der Waals surface area contributed by atoms with Gasteiger partial charge in [0.05, 0.1) is 18.9 Å². The standard InChI is InChI=1S/C31H32N4O3/c1-22-7-11-27(12-8-22)35-31(33-17-19-38-20-18-33)29(23(2)32-35)15-16-34(30(31)37)26-13-9-24(10-14-26)28-6-4-3-5-25(28)21-36/h3-14,21,29H,15-20H2,1-2H3. The van der Waals surface area contributed by atoms with E-state index in [9.17, 15) is 9.59 Å². The van der Waals surface area contributed by atoms with Gasteiger partial charge in [0.25, 0.3) is 5.91 Å². The smallest absolute Gasteiger partial charge is 0.270 e. The van der Waals surface area contributed by atoms with Crippen molar-refractivity contribution in [1.82, 2.24) is 4.90 Å². The van der Waals surface area contributed by atoms with Crippen molar-refractivity contribution in [2.45, 2.75) is 25.9 Å². The van der Waals surface area contributed by atoms with E-state index in [0.717, 1.165) is 40.9 Å². The normalized spacial score (nSPS) is 23.8. The number of carbonyl (C=O) groups is 2. The molecule has 1 amide bonds. The summed E-state index contributed by atoms with van der Waals surface area (Å²) in [6.07, 6.45) is 1.70. The zero-order valence-electron chi connectivity index (χ0n) is 21.8. The Bertz CT molecular complexity index is 1380. The second-order valence-electron chi connectivity index (χ2n) is 10.3. The Morgan fingerprint density at radius 2 is 1.58 bits per heavy atom. The molecule has 3 aromatic carbocycles. The van der Waals surface area contributed by atoms with E-state index in [4.69, 9.17) is 9.84 Å². The van der Waals surface area contributed by atoms with E-state index in [1.807, 2.05) is 58.4 Å². The Hall–Kier alpha value is -3.81. The topological polar surface area (TPSA) is 65.5 Å². The maximum Gasteiger partial charge on any atom is 0.270 e. The fourth-order valence-electron chi connectivity index (χ4n) is 6.22. The zero-order chi connectivity index (χ0) is 26.3. The second kappa shape index (κ2) is 9.82. The number of aryl methyl sites for hydroxylation is 1. The fraction of sp³-hybridized carbons (Fsp3) is 0.323. The highest BCUT2D eigenvalue weighted by atomic mass is 16.5. The summed E-state index contributed by atoms with van der Waals surface area (Å²) in [5.74, 6) is 0.0299. The molecule has 194 valence electrons. The van der Waals surface area contributed by atoms with Crippen LogP contribution in [0.3, 0.4) is 0 Å². The molecule has 2 unspecified atom stereocenters. The Morgan fingerprint density at radius 1 is 0.895 bits per heavy atom. The molecule has 0 aliphatic carbocycles. The number of rotatable bonds is 5. The van der Waals surface area contributed by atoms with Gasteiger partial charge in [-0.15, -0.1) is 0 Å². The first-order valence-corrected chi connectivity index (χ1v) is 13.3. The first-order valence-electron chi connectivity index (χ1n) is 13.3. The van der Waals surface area contributed by atoms with Gasteiger partial charge in [0.1, 0.15) is 0 Å². The van der Waals surface area contributed by atoms with E-state index in [0.29, 0.717) is 38.4 Å². The third kappa shape index (κ3) is 3.85. The van der Waals surface area contributed by atoms with Crippen LogP contribution in [0.25, 0.3) is 11.1 Å². The predicted octanol–water partition coefficient (Wildman–Crippen LogP) is 4.75. The summed E-state index contributed by atoms with van der Waals surface area (Å²) in [7, 11) is 0. The summed E-state index contributed by atoms with van der Waals surface area (Å²) in [5, 5.41) is 6.99. The number of fused-ring (bicyclic) bond motifs is 1. The summed E-state index contributed by atoms with van der Waals surface area (Å²) >= 11 is 0. The van der Waals surface area contributed by atoms with Gasteiger partial charge in [-0.3, -0.25) is 14.5 Å². The highest BCUT2D eigenvalue weighted by Gasteiger charge is 2.63. The molecule has 2 atom stereocenters. The minimum Gasteiger partial charge on any atom is -0.379 e. The average molecular weight is 509 g/mol. The molecule has 0 bridgehead atoms. The molecule has 7 heteroatoms.